The molecule has 0 spiro atoms. The van der Waals surface area contributed by atoms with Crippen molar-refractivity contribution in [2.24, 2.45) is 11.8 Å². The van der Waals surface area contributed by atoms with Crippen LogP contribution in [0.1, 0.15) is 32.6 Å². The standard InChI is InChI=1S/C10H18S/c1-8(2)10-5-3-9(7-11)4-6-10/h9-11H,1,3-7H2,2H3. The second-order valence-corrected chi connectivity index (χ2v) is 4.11. The maximum atomic E-state index is 4.32. The molecular formula is C10H18S. The summed E-state index contributed by atoms with van der Waals surface area (Å²) in [5.41, 5.74) is 1.38. The Labute approximate surface area is 75.5 Å². The van der Waals surface area contributed by atoms with Gasteiger partial charge in [0.15, 0.2) is 0 Å². The van der Waals surface area contributed by atoms with Crippen LogP contribution in [-0.4, -0.2) is 5.75 Å². The van der Waals surface area contributed by atoms with E-state index in [-0.39, 0.29) is 0 Å². The Balaban J connectivity index is 2.30. The lowest BCUT2D eigenvalue weighted by Crippen LogP contribution is -2.15. The van der Waals surface area contributed by atoms with Crippen LogP contribution in [0.4, 0.5) is 0 Å². The molecule has 1 aliphatic carbocycles. The summed E-state index contributed by atoms with van der Waals surface area (Å²) in [7, 11) is 0. The average molecular weight is 170 g/mol. The smallest absolute Gasteiger partial charge is 0.00695 e. The van der Waals surface area contributed by atoms with Gasteiger partial charge in [-0.1, -0.05) is 12.2 Å². The van der Waals surface area contributed by atoms with Crippen molar-refractivity contribution in [3.63, 3.8) is 0 Å². The topological polar surface area (TPSA) is 0 Å². The summed E-state index contributed by atoms with van der Waals surface area (Å²) in [6, 6.07) is 0. The van der Waals surface area contributed by atoms with Crippen molar-refractivity contribution < 1.29 is 0 Å². The van der Waals surface area contributed by atoms with E-state index in [1.165, 1.54) is 31.3 Å². The molecule has 0 amide bonds. The molecule has 0 aromatic heterocycles. The van der Waals surface area contributed by atoms with Gasteiger partial charge in [0, 0.05) is 0 Å². The lowest BCUT2D eigenvalue weighted by molar-refractivity contribution is 0.325. The third kappa shape index (κ3) is 2.55. The highest BCUT2D eigenvalue weighted by atomic mass is 32.1. The fourth-order valence-electron chi connectivity index (χ4n) is 1.84. The van der Waals surface area contributed by atoms with Gasteiger partial charge in [-0.3, -0.25) is 0 Å². The van der Waals surface area contributed by atoms with Gasteiger partial charge in [0.1, 0.15) is 0 Å². The zero-order valence-electron chi connectivity index (χ0n) is 7.34. The first-order valence-corrected chi connectivity index (χ1v) is 5.13. The molecule has 0 unspecified atom stereocenters. The van der Waals surface area contributed by atoms with E-state index in [1.807, 2.05) is 0 Å². The van der Waals surface area contributed by atoms with Crippen LogP contribution in [0.15, 0.2) is 12.2 Å². The predicted octanol–water partition coefficient (Wildman–Crippen LogP) is 3.30. The van der Waals surface area contributed by atoms with Crippen LogP contribution >= 0.6 is 12.6 Å². The molecule has 1 saturated carbocycles. The van der Waals surface area contributed by atoms with Crippen LogP contribution < -0.4 is 0 Å². The molecule has 0 radical (unpaired) electrons. The zero-order valence-corrected chi connectivity index (χ0v) is 8.24. The normalized spacial score (nSPS) is 31.8. The first-order valence-electron chi connectivity index (χ1n) is 4.50. The monoisotopic (exact) mass is 170 g/mol. The van der Waals surface area contributed by atoms with Gasteiger partial charge >= 0.3 is 0 Å². The van der Waals surface area contributed by atoms with Crippen molar-refractivity contribution in [3.05, 3.63) is 12.2 Å². The van der Waals surface area contributed by atoms with E-state index < -0.39 is 0 Å². The fourth-order valence-corrected chi connectivity index (χ4v) is 2.20. The molecule has 0 heterocycles. The molecule has 1 heteroatoms. The van der Waals surface area contributed by atoms with Gasteiger partial charge in [0.05, 0.1) is 0 Å². The van der Waals surface area contributed by atoms with Gasteiger partial charge in [0.2, 0.25) is 0 Å². The fraction of sp³-hybridized carbons (Fsp3) is 0.800. The van der Waals surface area contributed by atoms with Crippen LogP contribution in [0.3, 0.4) is 0 Å². The molecule has 0 nitrogen and oxygen atoms in total. The summed E-state index contributed by atoms with van der Waals surface area (Å²) in [5.74, 6) is 2.77. The van der Waals surface area contributed by atoms with Crippen molar-refractivity contribution in [2.75, 3.05) is 5.75 Å². The third-order valence-corrected chi connectivity index (χ3v) is 3.32. The van der Waals surface area contributed by atoms with Crippen LogP contribution in [0, 0.1) is 11.8 Å². The summed E-state index contributed by atoms with van der Waals surface area (Å²) in [4.78, 5) is 0. The molecule has 0 saturated heterocycles. The lowest BCUT2D eigenvalue weighted by Gasteiger charge is -2.27. The van der Waals surface area contributed by atoms with Gasteiger partial charge in [-0.05, 0) is 50.2 Å². The minimum Gasteiger partial charge on any atom is -0.179 e. The number of thiol groups is 1. The van der Waals surface area contributed by atoms with Crippen LogP contribution in [0.5, 0.6) is 0 Å². The minimum absolute atomic E-state index is 0.811. The number of hydrogen-bond acceptors (Lipinski definition) is 1. The van der Waals surface area contributed by atoms with E-state index in [0.29, 0.717) is 0 Å². The quantitative estimate of drug-likeness (QED) is 0.477. The van der Waals surface area contributed by atoms with Crippen molar-refractivity contribution in [1.29, 1.82) is 0 Å². The molecule has 0 atom stereocenters. The van der Waals surface area contributed by atoms with Gasteiger partial charge < -0.3 is 0 Å². The SMILES string of the molecule is C=C(C)C1CCC(CS)CC1. The summed E-state index contributed by atoms with van der Waals surface area (Å²) in [5, 5.41) is 0. The van der Waals surface area contributed by atoms with E-state index in [1.54, 1.807) is 0 Å². The zero-order chi connectivity index (χ0) is 8.27. The van der Waals surface area contributed by atoms with E-state index >= 15 is 0 Å². The molecule has 64 valence electrons. The Morgan fingerprint density at radius 2 is 1.91 bits per heavy atom. The Hall–Kier alpha value is 0.0900. The maximum Gasteiger partial charge on any atom is -0.00695 e. The summed E-state index contributed by atoms with van der Waals surface area (Å²) < 4.78 is 0. The van der Waals surface area contributed by atoms with Crippen molar-refractivity contribution in [3.8, 4) is 0 Å². The highest BCUT2D eigenvalue weighted by molar-refractivity contribution is 7.80. The summed E-state index contributed by atoms with van der Waals surface area (Å²) in [6.45, 7) is 6.17. The molecule has 0 aliphatic heterocycles. The first kappa shape index (κ1) is 9.18. The van der Waals surface area contributed by atoms with E-state index in [0.717, 1.165) is 17.6 Å². The highest BCUT2D eigenvalue weighted by Gasteiger charge is 2.19. The molecular weight excluding hydrogens is 152 g/mol. The molecule has 1 rings (SSSR count). The van der Waals surface area contributed by atoms with Gasteiger partial charge in [-0.2, -0.15) is 12.6 Å². The Kier molecular flexibility index (Phi) is 3.50. The molecule has 1 fully saturated rings. The molecule has 0 aromatic carbocycles. The highest BCUT2D eigenvalue weighted by Crippen LogP contribution is 2.32. The number of allylic oxidation sites excluding steroid dienone is 1. The Bertz CT molecular complexity index is 132. The van der Waals surface area contributed by atoms with Crippen molar-refractivity contribution in [1.82, 2.24) is 0 Å². The molecule has 0 aromatic rings. The van der Waals surface area contributed by atoms with E-state index in [9.17, 15) is 0 Å². The first-order chi connectivity index (χ1) is 5.24. The molecule has 1 aliphatic rings. The largest absolute Gasteiger partial charge is 0.179 e. The maximum absolute atomic E-state index is 4.32. The van der Waals surface area contributed by atoms with E-state index in [2.05, 4.69) is 26.1 Å². The average Bonchev–Trinajstić information content (AvgIpc) is 2.05. The third-order valence-electron chi connectivity index (χ3n) is 2.80. The second-order valence-electron chi connectivity index (χ2n) is 3.75. The van der Waals surface area contributed by atoms with Crippen LogP contribution in [0.2, 0.25) is 0 Å². The van der Waals surface area contributed by atoms with Crippen LogP contribution in [-0.2, 0) is 0 Å². The number of rotatable bonds is 2. The van der Waals surface area contributed by atoms with Gasteiger partial charge in [-0.25, -0.2) is 0 Å². The Morgan fingerprint density at radius 1 is 1.36 bits per heavy atom. The predicted molar refractivity (Wildman–Crippen MR) is 54.1 cm³/mol. The minimum atomic E-state index is 0.811. The van der Waals surface area contributed by atoms with Gasteiger partial charge in [-0.15, -0.1) is 0 Å². The molecule has 0 bridgehead atoms. The summed E-state index contributed by atoms with van der Waals surface area (Å²) in [6.07, 6.45) is 5.42. The number of hydrogen-bond donors (Lipinski definition) is 1. The summed E-state index contributed by atoms with van der Waals surface area (Å²) >= 11 is 4.32. The van der Waals surface area contributed by atoms with Crippen molar-refractivity contribution in [2.45, 2.75) is 32.6 Å². The van der Waals surface area contributed by atoms with Gasteiger partial charge in [0.25, 0.3) is 0 Å². The second kappa shape index (κ2) is 4.20. The molecule has 0 N–H and O–H groups in total. The Morgan fingerprint density at radius 3 is 2.27 bits per heavy atom. The van der Waals surface area contributed by atoms with E-state index in [4.69, 9.17) is 0 Å². The molecule has 11 heavy (non-hydrogen) atoms. The van der Waals surface area contributed by atoms with Crippen LogP contribution in [0.25, 0.3) is 0 Å². The lowest BCUT2D eigenvalue weighted by atomic mass is 9.80. The van der Waals surface area contributed by atoms with Crippen molar-refractivity contribution >= 4 is 12.6 Å².